The topological polar surface area (TPSA) is 61.4 Å². The van der Waals surface area contributed by atoms with E-state index in [9.17, 15) is 4.79 Å². The van der Waals surface area contributed by atoms with Crippen LogP contribution in [0.5, 0.6) is 0 Å². The molecule has 1 aliphatic rings. The monoisotopic (exact) mass is 387 g/mol. The van der Waals surface area contributed by atoms with Gasteiger partial charge >= 0.3 is 0 Å². The second-order valence-electron chi connectivity index (χ2n) is 7.35. The summed E-state index contributed by atoms with van der Waals surface area (Å²) >= 11 is 0. The zero-order valence-corrected chi connectivity index (χ0v) is 16.6. The summed E-state index contributed by atoms with van der Waals surface area (Å²) < 4.78 is 0. The van der Waals surface area contributed by atoms with E-state index < -0.39 is 0 Å². The summed E-state index contributed by atoms with van der Waals surface area (Å²) in [5.41, 5.74) is 3.07. The van der Waals surface area contributed by atoms with Crippen LogP contribution in [0.1, 0.15) is 21.5 Å². The molecule has 6 heteroatoms. The van der Waals surface area contributed by atoms with Gasteiger partial charge in [-0.1, -0.05) is 48.0 Å². The van der Waals surface area contributed by atoms with Crippen molar-refractivity contribution >= 4 is 17.5 Å². The van der Waals surface area contributed by atoms with Gasteiger partial charge in [0.05, 0.1) is 0 Å². The van der Waals surface area contributed by atoms with Crippen LogP contribution in [0.3, 0.4) is 0 Å². The van der Waals surface area contributed by atoms with Crippen LogP contribution in [-0.2, 0) is 6.54 Å². The third kappa shape index (κ3) is 4.97. The number of hydrogen-bond acceptors (Lipinski definition) is 5. The fraction of sp³-hybridized carbons (Fsp3) is 0.261. The van der Waals surface area contributed by atoms with Crippen LogP contribution in [0.2, 0.25) is 0 Å². The summed E-state index contributed by atoms with van der Waals surface area (Å²) in [6.07, 6.45) is 0. The largest absolute Gasteiger partial charge is 0.353 e. The van der Waals surface area contributed by atoms with Crippen LogP contribution in [0.25, 0.3) is 0 Å². The summed E-state index contributed by atoms with van der Waals surface area (Å²) in [5, 5.41) is 11.3. The van der Waals surface area contributed by atoms with Gasteiger partial charge in [0.1, 0.15) is 0 Å². The maximum absolute atomic E-state index is 12.3. The van der Waals surface area contributed by atoms with E-state index >= 15 is 0 Å². The molecule has 6 nitrogen and oxygen atoms in total. The van der Waals surface area contributed by atoms with Gasteiger partial charge in [-0.15, -0.1) is 10.2 Å². The minimum Gasteiger partial charge on any atom is -0.353 e. The highest BCUT2D eigenvalue weighted by Gasteiger charge is 2.18. The second kappa shape index (κ2) is 8.84. The van der Waals surface area contributed by atoms with Crippen molar-refractivity contribution in [2.45, 2.75) is 13.5 Å². The summed E-state index contributed by atoms with van der Waals surface area (Å²) in [6, 6.07) is 21.7. The van der Waals surface area contributed by atoms with Crippen molar-refractivity contribution in [3.63, 3.8) is 0 Å². The third-order valence-corrected chi connectivity index (χ3v) is 5.15. The Hall–Kier alpha value is -3.25. The van der Waals surface area contributed by atoms with Gasteiger partial charge in [0.25, 0.3) is 5.91 Å². The first-order valence-corrected chi connectivity index (χ1v) is 9.90. The molecule has 0 aliphatic carbocycles. The summed E-state index contributed by atoms with van der Waals surface area (Å²) in [5.74, 6) is 1.13. The zero-order valence-electron chi connectivity index (χ0n) is 16.6. The Morgan fingerprint density at radius 3 is 2.28 bits per heavy atom. The van der Waals surface area contributed by atoms with Crippen molar-refractivity contribution in [2.24, 2.45) is 0 Å². The summed E-state index contributed by atoms with van der Waals surface area (Å²) in [4.78, 5) is 17.0. The van der Waals surface area contributed by atoms with Crippen molar-refractivity contribution in [1.29, 1.82) is 0 Å². The van der Waals surface area contributed by atoms with E-state index in [0.717, 1.165) is 44.1 Å². The van der Waals surface area contributed by atoms with E-state index in [1.165, 1.54) is 5.56 Å². The SMILES string of the molecule is Cc1ccc(C(=O)Nc2ccc(N3CCN(Cc4ccccc4)CC3)nn2)cc1. The van der Waals surface area contributed by atoms with E-state index in [0.29, 0.717) is 11.4 Å². The molecule has 1 N–H and O–H groups in total. The molecule has 0 bridgehead atoms. The van der Waals surface area contributed by atoms with E-state index in [1.807, 2.05) is 37.3 Å². The predicted octanol–water partition coefficient (Wildman–Crippen LogP) is 3.36. The Balaban J connectivity index is 1.30. The fourth-order valence-corrected chi connectivity index (χ4v) is 3.43. The number of nitrogens with zero attached hydrogens (tertiary/aromatic N) is 4. The smallest absolute Gasteiger partial charge is 0.256 e. The molecule has 4 rings (SSSR count). The van der Waals surface area contributed by atoms with Crippen LogP contribution in [0, 0.1) is 6.92 Å². The molecule has 1 saturated heterocycles. The number of aromatic nitrogens is 2. The predicted molar refractivity (Wildman–Crippen MR) is 115 cm³/mol. The number of hydrogen-bond donors (Lipinski definition) is 1. The molecule has 2 aromatic carbocycles. The van der Waals surface area contributed by atoms with E-state index in [2.05, 4.69) is 49.6 Å². The minimum atomic E-state index is -0.179. The molecule has 1 aromatic heterocycles. The van der Waals surface area contributed by atoms with Crippen molar-refractivity contribution in [3.8, 4) is 0 Å². The highest BCUT2D eigenvalue weighted by atomic mass is 16.1. The fourth-order valence-electron chi connectivity index (χ4n) is 3.43. The van der Waals surface area contributed by atoms with Gasteiger partial charge in [-0.3, -0.25) is 9.69 Å². The highest BCUT2D eigenvalue weighted by Crippen LogP contribution is 2.16. The number of benzene rings is 2. The number of anilines is 2. The van der Waals surface area contributed by atoms with Crippen LogP contribution in [0.15, 0.2) is 66.7 Å². The molecule has 1 aliphatic heterocycles. The number of aryl methyl sites for hydroxylation is 1. The number of amides is 1. The van der Waals surface area contributed by atoms with Crippen molar-refractivity contribution in [1.82, 2.24) is 15.1 Å². The molecule has 148 valence electrons. The third-order valence-electron chi connectivity index (χ3n) is 5.15. The average Bonchev–Trinajstić information content (AvgIpc) is 2.76. The molecule has 0 radical (unpaired) electrons. The molecule has 2 heterocycles. The molecular weight excluding hydrogens is 362 g/mol. The Kier molecular flexibility index (Phi) is 5.81. The average molecular weight is 387 g/mol. The van der Waals surface area contributed by atoms with Crippen LogP contribution < -0.4 is 10.2 Å². The van der Waals surface area contributed by atoms with Gasteiger partial charge in [-0.25, -0.2) is 0 Å². The van der Waals surface area contributed by atoms with Crippen molar-refractivity contribution in [3.05, 3.63) is 83.4 Å². The van der Waals surface area contributed by atoms with Crippen molar-refractivity contribution < 1.29 is 4.79 Å². The maximum atomic E-state index is 12.3. The maximum Gasteiger partial charge on any atom is 0.256 e. The molecule has 0 spiro atoms. The molecule has 1 amide bonds. The zero-order chi connectivity index (χ0) is 20.1. The lowest BCUT2D eigenvalue weighted by atomic mass is 10.1. The Labute approximate surface area is 171 Å². The number of rotatable bonds is 5. The van der Waals surface area contributed by atoms with Gasteiger partial charge in [0.15, 0.2) is 11.6 Å². The highest BCUT2D eigenvalue weighted by molar-refractivity contribution is 6.03. The summed E-state index contributed by atoms with van der Waals surface area (Å²) in [6.45, 7) is 6.77. The van der Waals surface area contributed by atoms with Gasteiger partial charge in [-0.05, 0) is 36.8 Å². The Morgan fingerprint density at radius 1 is 0.897 bits per heavy atom. The number of piperazine rings is 1. The standard InChI is InChI=1S/C23H25N5O/c1-18-7-9-20(10-8-18)23(29)24-21-11-12-22(26-25-21)28-15-13-27(14-16-28)17-19-5-3-2-4-6-19/h2-12H,13-17H2,1H3,(H,24,25,29). The van der Waals surface area contributed by atoms with Gasteiger partial charge in [0, 0.05) is 38.3 Å². The molecular formula is C23H25N5O. The molecule has 0 saturated carbocycles. The normalized spacial score (nSPS) is 14.6. The Bertz CT molecular complexity index is 933. The first kappa shape index (κ1) is 19.1. The van der Waals surface area contributed by atoms with Gasteiger partial charge in [-0.2, -0.15) is 0 Å². The lowest BCUT2D eigenvalue weighted by Gasteiger charge is -2.35. The molecule has 0 atom stereocenters. The lowest BCUT2D eigenvalue weighted by Crippen LogP contribution is -2.46. The van der Waals surface area contributed by atoms with E-state index in [1.54, 1.807) is 12.1 Å². The van der Waals surface area contributed by atoms with Gasteiger partial charge in [0.2, 0.25) is 0 Å². The molecule has 29 heavy (non-hydrogen) atoms. The van der Waals surface area contributed by atoms with E-state index in [4.69, 9.17) is 0 Å². The number of carbonyl (C=O) groups is 1. The lowest BCUT2D eigenvalue weighted by molar-refractivity contribution is 0.102. The quantitative estimate of drug-likeness (QED) is 0.727. The van der Waals surface area contributed by atoms with Crippen LogP contribution in [-0.4, -0.2) is 47.2 Å². The first-order chi connectivity index (χ1) is 14.2. The minimum absolute atomic E-state index is 0.179. The Morgan fingerprint density at radius 2 is 1.62 bits per heavy atom. The molecule has 3 aromatic rings. The molecule has 0 unspecified atom stereocenters. The summed E-state index contributed by atoms with van der Waals surface area (Å²) in [7, 11) is 0. The van der Waals surface area contributed by atoms with Gasteiger partial charge < -0.3 is 10.2 Å². The number of carbonyl (C=O) groups excluding carboxylic acids is 1. The number of nitrogens with one attached hydrogen (secondary N) is 1. The van der Waals surface area contributed by atoms with Crippen LogP contribution in [0.4, 0.5) is 11.6 Å². The van der Waals surface area contributed by atoms with Crippen LogP contribution >= 0.6 is 0 Å². The van der Waals surface area contributed by atoms with E-state index in [-0.39, 0.29) is 5.91 Å². The van der Waals surface area contributed by atoms with Crippen molar-refractivity contribution in [2.75, 3.05) is 36.4 Å². The first-order valence-electron chi connectivity index (χ1n) is 9.90. The second-order valence-corrected chi connectivity index (χ2v) is 7.35. The molecule has 1 fully saturated rings.